The van der Waals surface area contributed by atoms with Gasteiger partial charge in [0.1, 0.15) is 24.7 Å². The first-order valence-corrected chi connectivity index (χ1v) is 12.3. The highest BCUT2D eigenvalue weighted by Crippen LogP contribution is 2.39. The van der Waals surface area contributed by atoms with Crippen LogP contribution in [0, 0.1) is 0 Å². The number of hydrogen-bond acceptors (Lipinski definition) is 6. The lowest BCUT2D eigenvalue weighted by Gasteiger charge is -2.19. The lowest BCUT2D eigenvalue weighted by molar-refractivity contribution is -0.118. The van der Waals surface area contributed by atoms with E-state index >= 15 is 0 Å². The van der Waals surface area contributed by atoms with Crippen LogP contribution in [0.2, 0.25) is 0 Å². The van der Waals surface area contributed by atoms with Crippen LogP contribution in [0.15, 0.2) is 60.8 Å². The maximum Gasteiger partial charge on any atom is 0.216 e. The Morgan fingerprint density at radius 1 is 0.946 bits per heavy atom. The minimum atomic E-state index is -0.0441. The van der Waals surface area contributed by atoms with Crippen LogP contribution in [0.25, 0.3) is 27.7 Å². The van der Waals surface area contributed by atoms with E-state index in [1.54, 1.807) is 14.2 Å². The number of nitrogens with zero attached hydrogens (tertiary/aromatic N) is 1. The SMILES string of the molecule is COc1cc(-n2ccc3c(-c4ccc5c(c4)OCCO5)cccc32)cc(OC)c1CNCCNC(C)=O. The van der Waals surface area contributed by atoms with E-state index in [1.165, 1.54) is 6.92 Å². The Labute approximate surface area is 216 Å². The van der Waals surface area contributed by atoms with Crippen molar-refractivity contribution in [2.75, 3.05) is 40.5 Å². The normalized spacial score (nSPS) is 12.4. The van der Waals surface area contributed by atoms with Crippen molar-refractivity contribution in [1.82, 2.24) is 15.2 Å². The zero-order chi connectivity index (χ0) is 25.8. The van der Waals surface area contributed by atoms with Gasteiger partial charge in [0.05, 0.1) is 31.0 Å². The standard InChI is InChI=1S/C29H31N3O5/c1-19(33)31-11-10-30-18-24-27(34-2)16-21(17-28(24)35-3)32-12-9-23-22(5-4-6-25(23)32)20-7-8-26-29(15-20)37-14-13-36-26/h4-9,12,15-17,30H,10-11,13-14,18H2,1-3H3,(H,31,33). The zero-order valence-corrected chi connectivity index (χ0v) is 21.3. The van der Waals surface area contributed by atoms with Crippen LogP contribution in [0.3, 0.4) is 0 Å². The van der Waals surface area contributed by atoms with Crippen molar-refractivity contribution >= 4 is 16.8 Å². The van der Waals surface area contributed by atoms with E-state index in [0.29, 0.717) is 32.8 Å². The van der Waals surface area contributed by atoms with E-state index in [9.17, 15) is 4.79 Å². The van der Waals surface area contributed by atoms with Crippen molar-refractivity contribution < 1.29 is 23.7 Å². The minimum absolute atomic E-state index is 0.0441. The Morgan fingerprint density at radius 2 is 1.70 bits per heavy atom. The van der Waals surface area contributed by atoms with E-state index in [1.807, 2.05) is 24.3 Å². The summed E-state index contributed by atoms with van der Waals surface area (Å²) in [4.78, 5) is 11.1. The molecule has 0 unspecified atom stereocenters. The largest absolute Gasteiger partial charge is 0.496 e. The monoisotopic (exact) mass is 501 g/mol. The first-order chi connectivity index (χ1) is 18.1. The lowest BCUT2D eigenvalue weighted by atomic mass is 10.0. The summed E-state index contributed by atoms with van der Waals surface area (Å²) >= 11 is 0. The van der Waals surface area contributed by atoms with Crippen LogP contribution in [0.1, 0.15) is 12.5 Å². The fourth-order valence-corrected chi connectivity index (χ4v) is 4.68. The molecule has 0 aliphatic carbocycles. The number of aromatic nitrogens is 1. The molecule has 37 heavy (non-hydrogen) atoms. The molecule has 0 saturated heterocycles. The topological polar surface area (TPSA) is 83.0 Å². The van der Waals surface area contributed by atoms with Crippen molar-refractivity contribution in [1.29, 1.82) is 0 Å². The van der Waals surface area contributed by atoms with Gasteiger partial charge in [-0.2, -0.15) is 0 Å². The maximum absolute atomic E-state index is 11.1. The number of nitrogens with one attached hydrogen (secondary N) is 2. The molecule has 0 atom stereocenters. The van der Waals surface area contributed by atoms with Crippen LogP contribution in [-0.2, 0) is 11.3 Å². The van der Waals surface area contributed by atoms with Crippen molar-refractivity contribution in [2.24, 2.45) is 0 Å². The number of methoxy groups -OCH3 is 2. The van der Waals surface area contributed by atoms with Crippen LogP contribution in [-0.4, -0.2) is 51.0 Å². The Bertz CT molecular complexity index is 1400. The number of rotatable bonds is 9. The summed E-state index contributed by atoms with van der Waals surface area (Å²) in [5.41, 5.74) is 5.11. The summed E-state index contributed by atoms with van der Waals surface area (Å²) in [6.07, 6.45) is 2.06. The molecular weight excluding hydrogens is 470 g/mol. The van der Waals surface area contributed by atoms with E-state index in [4.69, 9.17) is 18.9 Å². The van der Waals surface area contributed by atoms with E-state index < -0.39 is 0 Å². The predicted molar refractivity (Wildman–Crippen MR) is 143 cm³/mol. The second-order valence-corrected chi connectivity index (χ2v) is 8.77. The van der Waals surface area contributed by atoms with Crippen LogP contribution >= 0.6 is 0 Å². The Morgan fingerprint density at radius 3 is 2.43 bits per heavy atom. The molecule has 3 aromatic carbocycles. The van der Waals surface area contributed by atoms with Gasteiger partial charge in [-0.25, -0.2) is 0 Å². The van der Waals surface area contributed by atoms with E-state index in [2.05, 4.69) is 51.7 Å². The number of benzene rings is 3. The molecular formula is C29H31N3O5. The number of carbonyl (C=O) groups excluding carboxylic acids is 1. The molecule has 5 rings (SSSR count). The summed E-state index contributed by atoms with van der Waals surface area (Å²) < 4.78 is 25.1. The van der Waals surface area contributed by atoms with Crippen LogP contribution < -0.4 is 29.6 Å². The third-order valence-corrected chi connectivity index (χ3v) is 6.43. The molecule has 2 N–H and O–H groups in total. The summed E-state index contributed by atoms with van der Waals surface area (Å²) in [6, 6.07) is 18.5. The van der Waals surface area contributed by atoms with Crippen molar-refractivity contribution in [3.05, 3.63) is 66.4 Å². The van der Waals surface area contributed by atoms with Gasteiger partial charge >= 0.3 is 0 Å². The van der Waals surface area contributed by atoms with Gasteiger partial charge in [0, 0.05) is 50.3 Å². The molecule has 8 heteroatoms. The van der Waals surface area contributed by atoms with Crippen LogP contribution in [0.5, 0.6) is 23.0 Å². The Hall–Kier alpha value is -4.17. The first-order valence-electron chi connectivity index (χ1n) is 12.3. The number of hydrogen-bond donors (Lipinski definition) is 2. The zero-order valence-electron chi connectivity index (χ0n) is 21.3. The van der Waals surface area contributed by atoms with Gasteiger partial charge in [-0.3, -0.25) is 4.79 Å². The maximum atomic E-state index is 11.1. The average molecular weight is 502 g/mol. The van der Waals surface area contributed by atoms with Gasteiger partial charge in [0.15, 0.2) is 11.5 Å². The minimum Gasteiger partial charge on any atom is -0.496 e. The molecule has 8 nitrogen and oxygen atoms in total. The summed E-state index contributed by atoms with van der Waals surface area (Å²) in [6.45, 7) is 4.38. The molecule has 0 radical (unpaired) electrons. The number of carbonyl (C=O) groups is 1. The number of amides is 1. The molecule has 1 aliphatic heterocycles. The highest BCUT2D eigenvalue weighted by Gasteiger charge is 2.17. The lowest BCUT2D eigenvalue weighted by Crippen LogP contribution is -2.30. The van der Waals surface area contributed by atoms with Crippen LogP contribution in [0.4, 0.5) is 0 Å². The van der Waals surface area contributed by atoms with Gasteiger partial charge in [-0.15, -0.1) is 0 Å². The van der Waals surface area contributed by atoms with E-state index in [0.717, 1.165) is 56.3 Å². The summed E-state index contributed by atoms with van der Waals surface area (Å²) in [5, 5.41) is 7.25. The Balaban J connectivity index is 1.47. The van der Waals surface area contributed by atoms with Crippen molar-refractivity contribution in [3.8, 4) is 39.8 Å². The summed E-state index contributed by atoms with van der Waals surface area (Å²) in [5.74, 6) is 2.97. The van der Waals surface area contributed by atoms with E-state index in [-0.39, 0.29) is 5.91 Å². The quantitative estimate of drug-likeness (QED) is 0.333. The molecule has 1 amide bonds. The second-order valence-electron chi connectivity index (χ2n) is 8.77. The smallest absolute Gasteiger partial charge is 0.216 e. The third kappa shape index (κ3) is 5.06. The van der Waals surface area contributed by atoms with Crippen molar-refractivity contribution in [2.45, 2.75) is 13.5 Å². The second kappa shape index (κ2) is 10.8. The molecule has 1 aromatic heterocycles. The third-order valence-electron chi connectivity index (χ3n) is 6.43. The number of fused-ring (bicyclic) bond motifs is 2. The molecule has 0 bridgehead atoms. The van der Waals surface area contributed by atoms with Gasteiger partial charge in [0.25, 0.3) is 0 Å². The molecule has 192 valence electrons. The molecule has 0 spiro atoms. The predicted octanol–water partition coefficient (Wildman–Crippen LogP) is 4.31. The molecule has 0 saturated carbocycles. The van der Waals surface area contributed by atoms with Gasteiger partial charge in [-0.1, -0.05) is 18.2 Å². The fraction of sp³-hybridized carbons (Fsp3) is 0.276. The molecule has 0 fully saturated rings. The molecule has 4 aromatic rings. The first kappa shape index (κ1) is 24.5. The Kier molecular flexibility index (Phi) is 7.18. The highest BCUT2D eigenvalue weighted by atomic mass is 16.6. The fourth-order valence-electron chi connectivity index (χ4n) is 4.68. The molecule has 1 aliphatic rings. The highest BCUT2D eigenvalue weighted by molar-refractivity contribution is 5.96. The van der Waals surface area contributed by atoms with Gasteiger partial charge < -0.3 is 34.1 Å². The van der Waals surface area contributed by atoms with Crippen molar-refractivity contribution in [3.63, 3.8) is 0 Å². The van der Waals surface area contributed by atoms with Gasteiger partial charge in [0.2, 0.25) is 5.91 Å². The average Bonchev–Trinajstić information content (AvgIpc) is 3.36. The summed E-state index contributed by atoms with van der Waals surface area (Å²) in [7, 11) is 3.32. The molecule has 2 heterocycles. The van der Waals surface area contributed by atoms with Gasteiger partial charge in [-0.05, 0) is 35.4 Å². The number of ether oxygens (including phenoxy) is 4.